The van der Waals surface area contributed by atoms with Crippen molar-refractivity contribution < 1.29 is 25.2 Å². The van der Waals surface area contributed by atoms with E-state index in [0.717, 1.165) is 77.3 Å². The van der Waals surface area contributed by atoms with Crippen molar-refractivity contribution in [3.8, 4) is 34.0 Å². The Morgan fingerprint density at radius 2 is 1.23 bits per heavy atom. The van der Waals surface area contributed by atoms with E-state index in [1.54, 1.807) is 0 Å². The van der Waals surface area contributed by atoms with Crippen LogP contribution >= 0.6 is 0 Å². The minimum Gasteiger partial charge on any atom is -0.497 e. The maximum Gasteiger partial charge on any atom is 2.00 e. The van der Waals surface area contributed by atoms with Gasteiger partial charge in [-0.25, -0.2) is 0 Å². The fraction of sp³-hybridized carbons (Fsp3) is 0. The number of rotatable bonds is 4. The van der Waals surface area contributed by atoms with Gasteiger partial charge in [-0.2, -0.15) is 0 Å². The first-order valence-electron chi connectivity index (χ1n) is 15.4. The Kier molecular flexibility index (Phi) is 6.58. The number of benzene rings is 5. The Hall–Kier alpha value is -5.87. The molecule has 5 aromatic carbocycles. The van der Waals surface area contributed by atoms with Crippen molar-refractivity contribution in [3.05, 3.63) is 152 Å². The fourth-order valence-corrected chi connectivity index (χ4v) is 6.73. The molecule has 5 aromatic heterocycles. The molecule has 0 aliphatic heterocycles. The molecule has 0 amide bonds. The second kappa shape index (κ2) is 11.1. The van der Waals surface area contributed by atoms with Crippen LogP contribution in [0.5, 0.6) is 11.5 Å². The summed E-state index contributed by atoms with van der Waals surface area (Å²) < 4.78 is 10.8. The quantitative estimate of drug-likeness (QED) is 0.104. The Labute approximate surface area is 288 Å². The van der Waals surface area contributed by atoms with Crippen molar-refractivity contribution in [2.45, 2.75) is 0 Å². The van der Waals surface area contributed by atoms with E-state index in [4.69, 9.17) is 19.7 Å². The predicted octanol–water partition coefficient (Wildman–Crippen LogP) is 9.71. The standard InChI is InChI=1S/C41H23N5O.Pd/c1-3-10-26(11-4-1)35-25-45-36-15-8-7-14-31(36)30-19-17-28(22-33(30)41(45)44-35)47-29-18-20-32-34(23-29)40-43-24-38(27-12-5-2-6-13-27)46(40)37-16-9-21-42-39(32)37;/h1-21,24-25H;/q-2;+2. The van der Waals surface area contributed by atoms with Crippen LogP contribution in [0.15, 0.2) is 140 Å². The van der Waals surface area contributed by atoms with Crippen molar-refractivity contribution in [2.75, 3.05) is 0 Å². The fourth-order valence-electron chi connectivity index (χ4n) is 6.73. The van der Waals surface area contributed by atoms with Crippen molar-refractivity contribution in [2.24, 2.45) is 0 Å². The molecule has 0 unspecified atom stereocenters. The van der Waals surface area contributed by atoms with Gasteiger partial charge in [0.15, 0.2) is 0 Å². The van der Waals surface area contributed by atoms with E-state index in [0.29, 0.717) is 11.5 Å². The molecule has 0 aliphatic carbocycles. The van der Waals surface area contributed by atoms with Crippen LogP contribution in [0.25, 0.3) is 77.3 Å². The van der Waals surface area contributed by atoms with E-state index in [2.05, 4.69) is 87.8 Å². The molecule has 0 N–H and O–H groups in total. The number of imidazole rings is 2. The Balaban J connectivity index is 0.00000314. The minimum absolute atomic E-state index is 0. The van der Waals surface area contributed by atoms with Gasteiger partial charge in [-0.1, -0.05) is 125 Å². The average molecular weight is 708 g/mol. The first-order chi connectivity index (χ1) is 23.3. The first kappa shape index (κ1) is 28.4. The molecule has 0 saturated carbocycles. The molecule has 228 valence electrons. The third kappa shape index (κ3) is 4.33. The predicted molar refractivity (Wildman–Crippen MR) is 187 cm³/mol. The van der Waals surface area contributed by atoms with Gasteiger partial charge in [0, 0.05) is 41.2 Å². The largest absolute Gasteiger partial charge is 2.00 e. The molecule has 10 rings (SSSR count). The van der Waals surface area contributed by atoms with E-state index in [1.165, 1.54) is 0 Å². The summed E-state index contributed by atoms with van der Waals surface area (Å²) in [6.45, 7) is 0. The zero-order chi connectivity index (χ0) is 30.9. The summed E-state index contributed by atoms with van der Waals surface area (Å²) in [5.74, 6) is 1.15. The van der Waals surface area contributed by atoms with Crippen LogP contribution in [-0.4, -0.2) is 23.8 Å². The second-order valence-corrected chi connectivity index (χ2v) is 11.6. The zero-order valence-electron chi connectivity index (χ0n) is 25.2. The van der Waals surface area contributed by atoms with E-state index in [9.17, 15) is 0 Å². The van der Waals surface area contributed by atoms with Crippen LogP contribution in [0.2, 0.25) is 0 Å². The van der Waals surface area contributed by atoms with Crippen molar-refractivity contribution in [1.82, 2.24) is 23.8 Å². The van der Waals surface area contributed by atoms with Crippen LogP contribution in [0.3, 0.4) is 0 Å². The number of hydrogen-bond donors (Lipinski definition) is 0. The number of aromatic nitrogens is 5. The normalized spacial score (nSPS) is 11.6. The monoisotopic (exact) mass is 707 g/mol. The third-order valence-corrected chi connectivity index (χ3v) is 8.85. The first-order valence-corrected chi connectivity index (χ1v) is 15.4. The average Bonchev–Trinajstić information content (AvgIpc) is 3.79. The van der Waals surface area contributed by atoms with Gasteiger partial charge < -0.3 is 13.5 Å². The van der Waals surface area contributed by atoms with Gasteiger partial charge in [-0.05, 0) is 29.1 Å². The third-order valence-electron chi connectivity index (χ3n) is 8.85. The number of pyridine rings is 3. The van der Waals surface area contributed by atoms with E-state index in [1.807, 2.05) is 73.1 Å². The summed E-state index contributed by atoms with van der Waals surface area (Å²) in [5.41, 5.74) is 8.63. The summed E-state index contributed by atoms with van der Waals surface area (Å²) in [5, 5.41) is 4.89. The van der Waals surface area contributed by atoms with Crippen molar-refractivity contribution in [3.63, 3.8) is 0 Å². The summed E-state index contributed by atoms with van der Waals surface area (Å²) in [7, 11) is 0. The maximum absolute atomic E-state index is 6.49. The molecule has 48 heavy (non-hydrogen) atoms. The van der Waals surface area contributed by atoms with Crippen molar-refractivity contribution >= 4 is 54.8 Å². The number of para-hydroxylation sites is 1. The Bertz CT molecular complexity index is 2780. The van der Waals surface area contributed by atoms with E-state index < -0.39 is 0 Å². The molecule has 0 saturated heterocycles. The molecule has 0 atom stereocenters. The number of hydrogen-bond acceptors (Lipinski definition) is 4. The molecule has 6 nitrogen and oxygen atoms in total. The molecule has 0 aliphatic rings. The summed E-state index contributed by atoms with van der Waals surface area (Å²) in [6, 6.07) is 48.1. The molecule has 0 radical (unpaired) electrons. The number of fused-ring (bicyclic) bond motifs is 12. The van der Waals surface area contributed by atoms with Gasteiger partial charge in [-0.15, -0.1) is 12.1 Å². The number of nitrogens with zero attached hydrogens (tertiary/aromatic N) is 5. The molecular weight excluding hydrogens is 685 g/mol. The molecule has 0 fully saturated rings. The van der Waals surface area contributed by atoms with Crippen LogP contribution in [-0.2, 0) is 20.4 Å². The Morgan fingerprint density at radius 3 is 2.02 bits per heavy atom. The van der Waals surface area contributed by atoms with Gasteiger partial charge in [0.2, 0.25) is 0 Å². The summed E-state index contributed by atoms with van der Waals surface area (Å²) >= 11 is 0. The minimum atomic E-state index is 0. The van der Waals surface area contributed by atoms with Gasteiger partial charge in [0.25, 0.3) is 0 Å². The van der Waals surface area contributed by atoms with Crippen LogP contribution in [0.4, 0.5) is 0 Å². The summed E-state index contributed by atoms with van der Waals surface area (Å²) in [4.78, 5) is 14.7. The van der Waals surface area contributed by atoms with Crippen LogP contribution in [0.1, 0.15) is 0 Å². The van der Waals surface area contributed by atoms with Gasteiger partial charge in [0.05, 0.1) is 33.7 Å². The van der Waals surface area contributed by atoms with E-state index >= 15 is 0 Å². The molecule has 0 bridgehead atoms. The van der Waals surface area contributed by atoms with Gasteiger partial charge >= 0.3 is 20.4 Å². The SMILES string of the molecule is [Pd+2].[c-]1c(Oc2[c-]c3c(cc2)c2ncccc2n2c(-c4ccccc4)cnc32)ccc2c1c1nc(-c3ccccc3)cn1c1ccccc21. The van der Waals surface area contributed by atoms with Gasteiger partial charge in [0.1, 0.15) is 0 Å². The van der Waals surface area contributed by atoms with Crippen molar-refractivity contribution in [1.29, 1.82) is 0 Å². The molecule has 7 heteroatoms. The molecular formula is C41H23N5OPd. The van der Waals surface area contributed by atoms with Crippen LogP contribution < -0.4 is 4.74 Å². The second-order valence-electron chi connectivity index (χ2n) is 11.6. The molecule has 0 spiro atoms. The van der Waals surface area contributed by atoms with E-state index in [-0.39, 0.29) is 20.4 Å². The summed E-state index contributed by atoms with van der Waals surface area (Å²) in [6.07, 6.45) is 5.84. The maximum atomic E-state index is 6.49. The Morgan fingerprint density at radius 1 is 0.562 bits per heavy atom. The number of ether oxygens (including phenoxy) is 1. The van der Waals surface area contributed by atoms with Crippen LogP contribution in [0, 0.1) is 12.1 Å². The molecule has 5 heterocycles. The zero-order valence-corrected chi connectivity index (χ0v) is 26.8. The van der Waals surface area contributed by atoms with Gasteiger partial charge in [-0.3, -0.25) is 15.0 Å². The molecule has 10 aromatic rings. The smallest absolute Gasteiger partial charge is 0.497 e. The topological polar surface area (TPSA) is 56.7 Å².